The second kappa shape index (κ2) is 6.02. The van der Waals surface area contributed by atoms with E-state index >= 15 is 0 Å². The van der Waals surface area contributed by atoms with E-state index in [0.717, 1.165) is 51.2 Å². The minimum absolute atomic E-state index is 0.163. The average Bonchev–Trinajstić information content (AvgIpc) is 3.22. The van der Waals surface area contributed by atoms with E-state index in [1.54, 1.807) is 0 Å². The maximum Gasteiger partial charge on any atom is 0.168 e. The van der Waals surface area contributed by atoms with Crippen LogP contribution >= 0.6 is 0 Å². The summed E-state index contributed by atoms with van der Waals surface area (Å²) in [7, 11) is 0. The van der Waals surface area contributed by atoms with Gasteiger partial charge in [0.05, 0.1) is 13.2 Å². The summed E-state index contributed by atoms with van der Waals surface area (Å²) in [4.78, 5) is 12.8. The van der Waals surface area contributed by atoms with Gasteiger partial charge in [0, 0.05) is 31.3 Å². The molecule has 4 saturated carbocycles. The Morgan fingerprint density at radius 3 is 2.62 bits per heavy atom. The number of ketones is 1. The van der Waals surface area contributed by atoms with Crippen LogP contribution in [0.4, 0.5) is 0 Å². The lowest BCUT2D eigenvalue weighted by Gasteiger charge is -2.61. The lowest BCUT2D eigenvalue weighted by atomic mass is 9.44. The molecule has 5 fully saturated rings. The summed E-state index contributed by atoms with van der Waals surface area (Å²) in [6.07, 6.45) is 10.5. The molecule has 0 aromatic rings. The highest BCUT2D eigenvalue weighted by molar-refractivity contribution is 5.87. The van der Waals surface area contributed by atoms with Crippen LogP contribution in [0.3, 0.4) is 0 Å². The van der Waals surface area contributed by atoms with Crippen molar-refractivity contribution in [3.05, 3.63) is 0 Å². The number of ether oxygens (including phenoxy) is 2. The highest BCUT2D eigenvalue weighted by atomic mass is 16.7. The lowest BCUT2D eigenvalue weighted by Crippen LogP contribution is -2.56. The number of Topliss-reactive ketones (excluding diaryl/α,β-unsaturated/α-hetero) is 1. The average molecular weight is 363 g/mol. The van der Waals surface area contributed by atoms with E-state index in [4.69, 9.17) is 9.47 Å². The summed E-state index contributed by atoms with van der Waals surface area (Å²) >= 11 is 0. The molecule has 0 aromatic carbocycles. The smallest absolute Gasteiger partial charge is 0.168 e. The Morgan fingerprint density at radius 2 is 1.85 bits per heavy atom. The zero-order chi connectivity index (χ0) is 18.0. The van der Waals surface area contributed by atoms with Crippen molar-refractivity contribution in [1.29, 1.82) is 0 Å². The number of aliphatic hydroxyl groups is 1. The van der Waals surface area contributed by atoms with Crippen LogP contribution in [0.25, 0.3) is 0 Å². The van der Waals surface area contributed by atoms with Gasteiger partial charge in [-0.15, -0.1) is 0 Å². The Morgan fingerprint density at radius 1 is 1.04 bits per heavy atom. The van der Waals surface area contributed by atoms with Crippen LogP contribution in [-0.2, 0) is 14.3 Å². The van der Waals surface area contributed by atoms with E-state index in [-0.39, 0.29) is 17.8 Å². The molecule has 5 rings (SSSR count). The lowest BCUT2D eigenvalue weighted by molar-refractivity contribution is -0.229. The van der Waals surface area contributed by atoms with Crippen LogP contribution in [0, 0.1) is 34.5 Å². The van der Waals surface area contributed by atoms with Gasteiger partial charge in [-0.2, -0.15) is 0 Å². The first-order valence-corrected chi connectivity index (χ1v) is 11.0. The van der Waals surface area contributed by atoms with Gasteiger partial charge in [-0.3, -0.25) is 4.79 Å². The summed E-state index contributed by atoms with van der Waals surface area (Å²) in [6, 6.07) is 0. The van der Waals surface area contributed by atoms with Gasteiger partial charge in [-0.1, -0.05) is 6.92 Å². The second-order valence-electron chi connectivity index (χ2n) is 10.1. The zero-order valence-electron chi connectivity index (χ0n) is 16.2. The topological polar surface area (TPSA) is 55.8 Å². The molecule has 1 spiro atoms. The third kappa shape index (κ3) is 2.28. The molecule has 4 aliphatic carbocycles. The van der Waals surface area contributed by atoms with Crippen molar-refractivity contribution in [2.24, 2.45) is 34.5 Å². The molecule has 146 valence electrons. The number of hydrogen-bond donors (Lipinski definition) is 1. The zero-order valence-corrected chi connectivity index (χ0v) is 16.2. The number of fused-ring (bicyclic) bond motifs is 5. The van der Waals surface area contributed by atoms with Gasteiger partial charge in [0.2, 0.25) is 0 Å². The van der Waals surface area contributed by atoms with Crippen LogP contribution in [-0.4, -0.2) is 36.5 Å². The van der Waals surface area contributed by atoms with Gasteiger partial charge in [0.25, 0.3) is 0 Å². The summed E-state index contributed by atoms with van der Waals surface area (Å²) in [5.41, 5.74) is 0.188. The quantitative estimate of drug-likeness (QED) is 0.814. The first-order chi connectivity index (χ1) is 12.5. The van der Waals surface area contributed by atoms with E-state index in [2.05, 4.69) is 6.92 Å². The number of aliphatic hydroxyl groups excluding tert-OH is 1. The molecule has 1 N–H and O–H groups in total. The van der Waals surface area contributed by atoms with Gasteiger partial charge in [0.15, 0.2) is 5.79 Å². The van der Waals surface area contributed by atoms with Crippen molar-refractivity contribution in [2.45, 2.75) is 76.9 Å². The molecule has 5 aliphatic rings. The van der Waals surface area contributed by atoms with Gasteiger partial charge < -0.3 is 14.6 Å². The molecule has 1 aliphatic heterocycles. The van der Waals surface area contributed by atoms with Crippen LogP contribution in [0.5, 0.6) is 0 Å². The largest absolute Gasteiger partial charge is 0.396 e. The standard InChI is InChI=1S/C22H34O4/c1-20-8-9-22(25-12-13-26-22)14-15(20)2-3-16-17(20)6-7-21(10-11-23)18(16)4-5-19(21)24/h15-18,23H,2-14H2,1H3/t15?,16?,17?,18?,20-,21+/m0/s1. The number of hydrogen-bond acceptors (Lipinski definition) is 4. The number of carbonyl (C=O) groups is 1. The van der Waals surface area contributed by atoms with Crippen LogP contribution in [0.15, 0.2) is 0 Å². The first-order valence-electron chi connectivity index (χ1n) is 11.0. The molecule has 1 heterocycles. The van der Waals surface area contributed by atoms with Gasteiger partial charge in [-0.05, 0) is 74.0 Å². The number of carbonyl (C=O) groups excluding carboxylic acids is 1. The Kier molecular flexibility index (Phi) is 4.08. The van der Waals surface area contributed by atoms with Crippen LogP contribution in [0.2, 0.25) is 0 Å². The molecule has 4 nitrogen and oxygen atoms in total. The molecule has 0 aromatic heterocycles. The predicted molar refractivity (Wildman–Crippen MR) is 97.4 cm³/mol. The molecule has 4 unspecified atom stereocenters. The van der Waals surface area contributed by atoms with Gasteiger partial charge in [0.1, 0.15) is 5.78 Å². The van der Waals surface area contributed by atoms with E-state index in [1.807, 2.05) is 0 Å². The molecular weight excluding hydrogens is 328 g/mol. The van der Waals surface area contributed by atoms with E-state index in [9.17, 15) is 9.90 Å². The van der Waals surface area contributed by atoms with Crippen molar-refractivity contribution < 1.29 is 19.4 Å². The summed E-state index contributed by atoms with van der Waals surface area (Å²) in [6.45, 7) is 4.20. The highest BCUT2D eigenvalue weighted by Crippen LogP contribution is 2.67. The number of rotatable bonds is 2. The van der Waals surface area contributed by atoms with Crippen molar-refractivity contribution in [2.75, 3.05) is 19.8 Å². The van der Waals surface area contributed by atoms with Crippen LogP contribution in [0.1, 0.15) is 71.1 Å². The third-order valence-electron chi connectivity index (χ3n) is 9.48. The molecular formula is C22H34O4. The Labute approximate surface area is 157 Å². The Hall–Kier alpha value is -0.450. The molecule has 6 atom stereocenters. The highest BCUT2D eigenvalue weighted by Gasteiger charge is 2.63. The molecule has 26 heavy (non-hydrogen) atoms. The minimum Gasteiger partial charge on any atom is -0.396 e. The minimum atomic E-state index is -0.282. The molecule has 1 saturated heterocycles. The second-order valence-corrected chi connectivity index (χ2v) is 10.1. The molecule has 4 heteroatoms. The van der Waals surface area contributed by atoms with E-state index in [0.29, 0.717) is 35.4 Å². The fourth-order valence-corrected chi connectivity index (χ4v) is 8.19. The van der Waals surface area contributed by atoms with Crippen molar-refractivity contribution in [3.63, 3.8) is 0 Å². The normalized spacial score (nSPS) is 49.7. The van der Waals surface area contributed by atoms with Crippen molar-refractivity contribution in [1.82, 2.24) is 0 Å². The van der Waals surface area contributed by atoms with Crippen molar-refractivity contribution in [3.8, 4) is 0 Å². The summed E-state index contributed by atoms with van der Waals surface area (Å²) in [5.74, 6) is 2.81. The maximum atomic E-state index is 12.8. The van der Waals surface area contributed by atoms with Crippen molar-refractivity contribution >= 4 is 5.78 Å². The molecule has 0 bridgehead atoms. The third-order valence-corrected chi connectivity index (χ3v) is 9.48. The fourth-order valence-electron chi connectivity index (χ4n) is 8.19. The first kappa shape index (κ1) is 17.6. The predicted octanol–water partition coefficient (Wildman–Crippen LogP) is 3.70. The monoisotopic (exact) mass is 362 g/mol. The van der Waals surface area contributed by atoms with E-state index < -0.39 is 0 Å². The Bertz CT molecular complexity index is 583. The SMILES string of the molecule is C[C@]12CCC3(CC1CCC1C4CCC(=O)[C@@]4(CCO)CCC12)OCCO3. The molecule has 0 radical (unpaired) electrons. The van der Waals surface area contributed by atoms with Gasteiger partial charge >= 0.3 is 0 Å². The van der Waals surface area contributed by atoms with Gasteiger partial charge in [-0.25, -0.2) is 0 Å². The summed E-state index contributed by atoms with van der Waals surface area (Å²) < 4.78 is 12.1. The van der Waals surface area contributed by atoms with Crippen LogP contribution < -0.4 is 0 Å². The summed E-state index contributed by atoms with van der Waals surface area (Å²) in [5, 5.41) is 9.65. The maximum absolute atomic E-state index is 12.8. The molecule has 0 amide bonds. The van der Waals surface area contributed by atoms with E-state index in [1.165, 1.54) is 25.7 Å². The Balaban J connectivity index is 1.41. The fraction of sp³-hybridized carbons (Fsp3) is 0.955.